The van der Waals surface area contributed by atoms with Crippen molar-refractivity contribution in [1.29, 1.82) is 0 Å². The Morgan fingerprint density at radius 1 is 1.32 bits per heavy atom. The molecule has 1 heterocycles. The first kappa shape index (κ1) is 16.7. The third-order valence-electron chi connectivity index (χ3n) is 3.10. The van der Waals surface area contributed by atoms with E-state index in [1.165, 1.54) is 12.1 Å². The molecule has 1 atom stereocenters. The zero-order valence-electron chi connectivity index (χ0n) is 11.0. The quantitative estimate of drug-likeness (QED) is 0.553. The number of aliphatic carboxylic acids is 1. The Morgan fingerprint density at radius 3 is 2.42 bits per heavy atom. The molecule has 1 fully saturated rings. The van der Waals surface area contributed by atoms with Crippen molar-refractivity contribution in [1.82, 2.24) is 4.31 Å². The molecule has 0 saturated carbocycles. The monoisotopic (exact) mass is 291 g/mol. The largest absolute Gasteiger partial charge is 1.00 e. The maximum atomic E-state index is 12.3. The second kappa shape index (κ2) is 6.37. The summed E-state index contributed by atoms with van der Waals surface area (Å²) in [4.78, 5) is 11.1. The molecule has 1 aliphatic rings. The smallest absolute Gasteiger partial charge is 0.548 e. The average Bonchev–Trinajstić information content (AvgIpc) is 2.79. The molecule has 0 N–H and O–H groups in total. The van der Waals surface area contributed by atoms with E-state index in [4.69, 9.17) is 0 Å². The molecule has 0 bridgehead atoms. The zero-order chi connectivity index (χ0) is 13.3. The summed E-state index contributed by atoms with van der Waals surface area (Å²) in [6, 6.07) is 5.33. The van der Waals surface area contributed by atoms with Crippen LogP contribution in [0.3, 0.4) is 0 Å². The van der Waals surface area contributed by atoms with Crippen molar-refractivity contribution in [3.63, 3.8) is 0 Å². The van der Waals surface area contributed by atoms with Gasteiger partial charge in [0, 0.05) is 6.54 Å². The number of carbonyl (C=O) groups excluding carboxylic acids is 1. The van der Waals surface area contributed by atoms with Gasteiger partial charge in [-0.3, -0.25) is 0 Å². The van der Waals surface area contributed by atoms with E-state index >= 15 is 0 Å². The third-order valence-corrected chi connectivity index (χ3v) is 5.03. The summed E-state index contributed by atoms with van der Waals surface area (Å²) in [6.45, 7) is 2.09. The SMILES string of the molecule is Cc1ccc(S(=O)(=O)N2CCC[C@H]2C(=O)[O-])cc1.[Na+]. The fourth-order valence-electron chi connectivity index (χ4n) is 2.11. The Kier molecular flexibility index (Phi) is 5.58. The molecule has 2 rings (SSSR count). The number of benzene rings is 1. The van der Waals surface area contributed by atoms with Crippen LogP contribution in [0.2, 0.25) is 0 Å². The van der Waals surface area contributed by atoms with Gasteiger partial charge in [0.1, 0.15) is 0 Å². The first-order chi connectivity index (χ1) is 8.43. The Morgan fingerprint density at radius 2 is 1.89 bits per heavy atom. The van der Waals surface area contributed by atoms with E-state index in [1.54, 1.807) is 12.1 Å². The number of hydrogen-bond acceptors (Lipinski definition) is 4. The molecule has 1 aliphatic heterocycles. The zero-order valence-corrected chi connectivity index (χ0v) is 13.8. The van der Waals surface area contributed by atoms with E-state index in [0.717, 1.165) is 9.87 Å². The summed E-state index contributed by atoms with van der Waals surface area (Å²) in [5.74, 6) is -1.33. The van der Waals surface area contributed by atoms with Crippen molar-refractivity contribution < 1.29 is 47.9 Å². The fourth-order valence-corrected chi connectivity index (χ4v) is 3.76. The third kappa shape index (κ3) is 3.38. The van der Waals surface area contributed by atoms with Gasteiger partial charge in [0.25, 0.3) is 0 Å². The number of carboxylic acids is 1. The molecule has 1 saturated heterocycles. The van der Waals surface area contributed by atoms with Crippen molar-refractivity contribution >= 4 is 16.0 Å². The second-order valence-electron chi connectivity index (χ2n) is 4.41. The van der Waals surface area contributed by atoms with Crippen LogP contribution >= 0.6 is 0 Å². The van der Waals surface area contributed by atoms with E-state index in [2.05, 4.69) is 0 Å². The average molecular weight is 291 g/mol. The van der Waals surface area contributed by atoms with Crippen LogP contribution in [0.15, 0.2) is 29.2 Å². The summed E-state index contributed by atoms with van der Waals surface area (Å²) in [5, 5.41) is 10.9. The van der Waals surface area contributed by atoms with E-state index in [-0.39, 0.29) is 41.0 Å². The second-order valence-corrected chi connectivity index (χ2v) is 6.30. The molecule has 0 spiro atoms. The van der Waals surface area contributed by atoms with E-state index in [9.17, 15) is 18.3 Å². The topological polar surface area (TPSA) is 77.5 Å². The van der Waals surface area contributed by atoms with Gasteiger partial charge >= 0.3 is 29.6 Å². The minimum Gasteiger partial charge on any atom is -0.548 e. The Balaban J connectivity index is 0.00000180. The van der Waals surface area contributed by atoms with E-state index < -0.39 is 22.0 Å². The predicted molar refractivity (Wildman–Crippen MR) is 63.1 cm³/mol. The number of sulfonamides is 1. The molecule has 5 nitrogen and oxygen atoms in total. The van der Waals surface area contributed by atoms with Crippen LogP contribution in [0.25, 0.3) is 0 Å². The summed E-state index contributed by atoms with van der Waals surface area (Å²) in [6.07, 6.45) is 0.858. The summed E-state index contributed by atoms with van der Waals surface area (Å²) >= 11 is 0. The van der Waals surface area contributed by atoms with E-state index in [1.807, 2.05) is 6.92 Å². The Bertz CT molecular complexity index is 556. The molecule has 1 aromatic rings. The summed E-state index contributed by atoms with van der Waals surface area (Å²) in [7, 11) is -3.74. The molecule has 0 aliphatic carbocycles. The first-order valence-corrected chi connectivity index (χ1v) is 7.16. The fraction of sp³-hybridized carbons (Fsp3) is 0.417. The van der Waals surface area contributed by atoms with Gasteiger partial charge in [-0.1, -0.05) is 17.7 Å². The first-order valence-electron chi connectivity index (χ1n) is 5.72. The van der Waals surface area contributed by atoms with Gasteiger partial charge in [0.05, 0.1) is 16.9 Å². The maximum Gasteiger partial charge on any atom is 1.00 e. The molecule has 98 valence electrons. The van der Waals surface area contributed by atoms with Crippen LogP contribution in [0.4, 0.5) is 0 Å². The van der Waals surface area contributed by atoms with Gasteiger partial charge in [-0.2, -0.15) is 4.31 Å². The molecule has 0 amide bonds. The van der Waals surface area contributed by atoms with Crippen molar-refractivity contribution in [3.05, 3.63) is 29.8 Å². The summed E-state index contributed by atoms with van der Waals surface area (Å²) < 4.78 is 25.6. The van der Waals surface area contributed by atoms with Gasteiger partial charge in [-0.15, -0.1) is 0 Å². The molecular formula is C12H14NNaO4S. The maximum absolute atomic E-state index is 12.3. The van der Waals surface area contributed by atoms with Crippen LogP contribution in [0.5, 0.6) is 0 Å². The summed E-state index contributed by atoms with van der Waals surface area (Å²) in [5.41, 5.74) is 0.951. The Hall–Kier alpha value is -0.400. The van der Waals surface area contributed by atoms with Gasteiger partial charge in [0.2, 0.25) is 10.0 Å². The number of rotatable bonds is 3. The Labute approximate surface area is 135 Å². The molecule has 1 aromatic carbocycles. The van der Waals surface area contributed by atoms with Gasteiger partial charge < -0.3 is 9.90 Å². The van der Waals surface area contributed by atoms with Crippen LogP contribution in [-0.2, 0) is 14.8 Å². The van der Waals surface area contributed by atoms with Crippen molar-refractivity contribution in [2.45, 2.75) is 30.7 Å². The van der Waals surface area contributed by atoms with Gasteiger partial charge in [-0.05, 0) is 31.9 Å². The molecule has 7 heteroatoms. The minimum absolute atomic E-state index is 0. The normalized spacial score (nSPS) is 19.9. The van der Waals surface area contributed by atoms with Gasteiger partial charge in [0.15, 0.2) is 0 Å². The van der Waals surface area contributed by atoms with E-state index in [0.29, 0.717) is 12.8 Å². The molecule has 0 radical (unpaired) electrons. The number of carboxylic acid groups (broad SMARTS) is 1. The molecule has 0 unspecified atom stereocenters. The van der Waals surface area contributed by atoms with Gasteiger partial charge in [-0.25, -0.2) is 8.42 Å². The van der Waals surface area contributed by atoms with Crippen molar-refractivity contribution in [2.75, 3.05) is 6.54 Å². The standard InChI is InChI=1S/C12H15NO4S.Na/c1-9-4-6-10(7-5-9)18(16,17)13-8-2-3-11(13)12(14)15;/h4-7,11H,2-3,8H2,1H3,(H,14,15);/q;+1/p-1/t11-;/m0./s1. The van der Waals surface area contributed by atoms with Crippen LogP contribution in [0.1, 0.15) is 18.4 Å². The molecule has 0 aromatic heterocycles. The molecular weight excluding hydrogens is 277 g/mol. The molecule has 19 heavy (non-hydrogen) atoms. The number of hydrogen-bond donors (Lipinski definition) is 0. The van der Waals surface area contributed by atoms with Crippen LogP contribution in [0, 0.1) is 6.92 Å². The van der Waals surface area contributed by atoms with Crippen LogP contribution < -0.4 is 34.7 Å². The predicted octanol–water partition coefficient (Wildman–Crippen LogP) is -3.10. The van der Waals surface area contributed by atoms with Crippen LogP contribution in [-0.4, -0.2) is 31.3 Å². The number of aryl methyl sites for hydroxylation is 1. The van der Waals surface area contributed by atoms with Crippen molar-refractivity contribution in [2.24, 2.45) is 0 Å². The minimum atomic E-state index is -3.74. The van der Waals surface area contributed by atoms with Crippen molar-refractivity contribution in [3.8, 4) is 0 Å². The number of carbonyl (C=O) groups is 1. The number of nitrogens with zero attached hydrogens (tertiary/aromatic N) is 1.